The summed E-state index contributed by atoms with van der Waals surface area (Å²) < 4.78 is 37.6. The maximum Gasteiger partial charge on any atom is 0.241 e. The van der Waals surface area contributed by atoms with E-state index in [1.54, 1.807) is 48.6 Å². The zero-order valence-electron chi connectivity index (χ0n) is 12.2. The third kappa shape index (κ3) is 3.59. The number of nitrogens with one attached hydrogen (secondary N) is 1. The molecule has 0 saturated carbocycles. The van der Waals surface area contributed by atoms with E-state index in [0.717, 1.165) is 5.56 Å². The highest BCUT2D eigenvalue weighted by atomic mass is 32.2. The molecule has 5 nitrogen and oxygen atoms in total. The van der Waals surface area contributed by atoms with Gasteiger partial charge in [-0.05, 0) is 31.2 Å². The van der Waals surface area contributed by atoms with E-state index in [-0.39, 0.29) is 4.90 Å². The lowest BCUT2D eigenvalue weighted by Gasteiger charge is -2.28. The van der Waals surface area contributed by atoms with Crippen LogP contribution in [0, 0.1) is 6.92 Å². The van der Waals surface area contributed by atoms with Crippen LogP contribution >= 0.6 is 0 Å². The minimum absolute atomic E-state index is 0.241. The van der Waals surface area contributed by atoms with Gasteiger partial charge in [-0.2, -0.15) is 0 Å². The van der Waals surface area contributed by atoms with Gasteiger partial charge in [0.1, 0.15) is 0 Å². The molecule has 0 atom stereocenters. The van der Waals surface area contributed by atoms with Crippen LogP contribution in [-0.2, 0) is 19.5 Å². The molecular weight excluding hydrogens is 290 g/mol. The van der Waals surface area contributed by atoms with E-state index in [0.29, 0.717) is 0 Å². The average molecular weight is 309 g/mol. The lowest BCUT2D eigenvalue weighted by molar-refractivity contribution is -0.134. The first-order valence-electron chi connectivity index (χ1n) is 6.49. The van der Waals surface area contributed by atoms with E-state index in [1.807, 2.05) is 6.92 Å². The number of sulfonamides is 1. The van der Waals surface area contributed by atoms with Crippen LogP contribution in [0.3, 0.4) is 0 Å². The molecule has 2 rings (SSSR count). The molecule has 0 aliphatic heterocycles. The molecule has 0 radical (unpaired) electrons. The van der Waals surface area contributed by atoms with Crippen molar-refractivity contribution in [1.82, 2.24) is 4.72 Å². The normalized spacial score (nSPS) is 18.0. The Hall–Kier alpha value is -1.47. The van der Waals surface area contributed by atoms with Gasteiger partial charge in [0.25, 0.3) is 0 Å². The summed E-state index contributed by atoms with van der Waals surface area (Å²) in [7, 11) is -0.516. The molecule has 114 valence electrons. The number of aryl methyl sites for hydroxylation is 1. The van der Waals surface area contributed by atoms with Gasteiger partial charge in [-0.25, -0.2) is 13.1 Å². The molecule has 0 bridgehead atoms. The highest BCUT2D eigenvalue weighted by Gasteiger charge is 2.27. The summed E-state index contributed by atoms with van der Waals surface area (Å²) in [5, 5.41) is 0. The molecular formula is C15H19NO4S. The first-order valence-corrected chi connectivity index (χ1v) is 7.97. The largest absolute Gasteiger partial charge is 0.346 e. The average Bonchev–Trinajstić information content (AvgIpc) is 2.48. The quantitative estimate of drug-likeness (QED) is 0.665. The van der Waals surface area contributed by atoms with Gasteiger partial charge >= 0.3 is 0 Å². The van der Waals surface area contributed by atoms with Crippen LogP contribution < -0.4 is 4.72 Å². The predicted molar refractivity (Wildman–Crippen MR) is 80.3 cm³/mol. The first-order chi connectivity index (χ1) is 9.91. The Balaban J connectivity index is 2.13. The molecule has 0 fully saturated rings. The summed E-state index contributed by atoms with van der Waals surface area (Å²) >= 11 is 0. The van der Waals surface area contributed by atoms with Crippen molar-refractivity contribution >= 4 is 10.0 Å². The van der Waals surface area contributed by atoms with E-state index >= 15 is 0 Å². The topological polar surface area (TPSA) is 64.6 Å². The molecule has 1 aliphatic carbocycles. The van der Waals surface area contributed by atoms with Crippen LogP contribution in [0.15, 0.2) is 53.5 Å². The fourth-order valence-electron chi connectivity index (χ4n) is 1.99. The lowest BCUT2D eigenvalue weighted by Crippen LogP contribution is -2.37. The number of hydrogen-bond acceptors (Lipinski definition) is 4. The van der Waals surface area contributed by atoms with Gasteiger partial charge in [-0.1, -0.05) is 29.8 Å². The van der Waals surface area contributed by atoms with Crippen LogP contribution in [-0.4, -0.2) is 34.5 Å². The standard InChI is InChI=1S/C15H19NO4S/c1-12-4-6-14(7-5-12)21(17,18)16-13-8-10-15(19-2,20-3)11-9-13/h4-11,13,16H,1-3H3. The van der Waals surface area contributed by atoms with Gasteiger partial charge < -0.3 is 9.47 Å². The predicted octanol–water partition coefficient (Wildman–Crippen LogP) is 1.76. The molecule has 0 saturated heterocycles. The van der Waals surface area contributed by atoms with Crippen LogP contribution in [0.25, 0.3) is 0 Å². The zero-order valence-corrected chi connectivity index (χ0v) is 13.1. The van der Waals surface area contributed by atoms with E-state index in [2.05, 4.69) is 4.72 Å². The molecule has 1 aromatic rings. The van der Waals surface area contributed by atoms with Crippen LogP contribution in [0.4, 0.5) is 0 Å². The van der Waals surface area contributed by atoms with E-state index in [4.69, 9.17) is 9.47 Å². The SMILES string of the molecule is COC1(OC)C=CC(NS(=O)(=O)c2ccc(C)cc2)C=C1. The van der Waals surface area contributed by atoms with Gasteiger partial charge in [0.2, 0.25) is 15.8 Å². The van der Waals surface area contributed by atoms with Gasteiger partial charge in [-0.3, -0.25) is 0 Å². The zero-order chi connectivity index (χ0) is 15.5. The number of methoxy groups -OCH3 is 2. The van der Waals surface area contributed by atoms with E-state index in [9.17, 15) is 8.42 Å². The lowest BCUT2D eigenvalue weighted by atomic mass is 10.1. The molecule has 0 heterocycles. The minimum atomic E-state index is -3.56. The number of hydrogen-bond donors (Lipinski definition) is 1. The Morgan fingerprint density at radius 1 is 1.05 bits per heavy atom. The summed E-state index contributed by atoms with van der Waals surface area (Å²) in [4.78, 5) is 0.241. The maximum atomic E-state index is 12.3. The molecule has 21 heavy (non-hydrogen) atoms. The Morgan fingerprint density at radius 2 is 1.57 bits per heavy atom. The van der Waals surface area contributed by atoms with Crippen molar-refractivity contribution in [3.05, 3.63) is 54.1 Å². The van der Waals surface area contributed by atoms with Gasteiger partial charge in [-0.15, -0.1) is 0 Å². The van der Waals surface area contributed by atoms with Crippen molar-refractivity contribution < 1.29 is 17.9 Å². The van der Waals surface area contributed by atoms with Crippen molar-refractivity contribution in [2.45, 2.75) is 23.6 Å². The second-order valence-electron chi connectivity index (χ2n) is 4.81. The highest BCUT2D eigenvalue weighted by molar-refractivity contribution is 7.89. The molecule has 6 heteroatoms. The fourth-order valence-corrected chi connectivity index (χ4v) is 3.14. The molecule has 1 aromatic carbocycles. The minimum Gasteiger partial charge on any atom is -0.346 e. The molecule has 0 unspecified atom stereocenters. The van der Waals surface area contributed by atoms with Crippen molar-refractivity contribution in [1.29, 1.82) is 0 Å². The Kier molecular flexibility index (Phi) is 4.63. The molecule has 0 spiro atoms. The monoisotopic (exact) mass is 309 g/mol. The fraction of sp³-hybridized carbons (Fsp3) is 0.333. The smallest absolute Gasteiger partial charge is 0.241 e. The Bertz CT molecular complexity index is 627. The molecule has 1 aliphatic rings. The summed E-state index contributed by atoms with van der Waals surface area (Å²) in [6, 6.07) is 6.27. The molecule has 1 N–H and O–H groups in total. The Morgan fingerprint density at radius 3 is 2.05 bits per heavy atom. The van der Waals surface area contributed by atoms with Crippen molar-refractivity contribution in [3.8, 4) is 0 Å². The highest BCUT2D eigenvalue weighted by Crippen LogP contribution is 2.21. The summed E-state index contributed by atoms with van der Waals surface area (Å²) in [6.07, 6.45) is 6.74. The number of benzene rings is 1. The van der Waals surface area contributed by atoms with Crippen molar-refractivity contribution in [2.75, 3.05) is 14.2 Å². The Labute approximate surface area is 125 Å². The van der Waals surface area contributed by atoms with Crippen molar-refractivity contribution in [2.24, 2.45) is 0 Å². The second-order valence-corrected chi connectivity index (χ2v) is 6.52. The van der Waals surface area contributed by atoms with Gasteiger partial charge in [0, 0.05) is 14.2 Å². The summed E-state index contributed by atoms with van der Waals surface area (Å²) in [5.74, 6) is -0.925. The van der Waals surface area contributed by atoms with Crippen LogP contribution in [0.1, 0.15) is 5.56 Å². The summed E-state index contributed by atoms with van der Waals surface area (Å²) in [5.41, 5.74) is 1.01. The first kappa shape index (κ1) is 15.9. The van der Waals surface area contributed by atoms with E-state index in [1.165, 1.54) is 14.2 Å². The van der Waals surface area contributed by atoms with Crippen LogP contribution in [0.2, 0.25) is 0 Å². The third-order valence-electron chi connectivity index (χ3n) is 3.33. The van der Waals surface area contributed by atoms with Gasteiger partial charge in [0.15, 0.2) is 0 Å². The second kappa shape index (κ2) is 6.11. The third-order valence-corrected chi connectivity index (χ3v) is 4.81. The summed E-state index contributed by atoms with van der Waals surface area (Å²) in [6.45, 7) is 1.91. The molecule has 0 aromatic heterocycles. The molecule has 0 amide bonds. The number of ether oxygens (including phenoxy) is 2. The maximum absolute atomic E-state index is 12.3. The van der Waals surface area contributed by atoms with Gasteiger partial charge in [0.05, 0.1) is 10.9 Å². The van der Waals surface area contributed by atoms with Crippen molar-refractivity contribution in [3.63, 3.8) is 0 Å². The van der Waals surface area contributed by atoms with E-state index < -0.39 is 21.9 Å². The number of rotatable bonds is 5. The van der Waals surface area contributed by atoms with Crippen LogP contribution in [0.5, 0.6) is 0 Å².